The summed E-state index contributed by atoms with van der Waals surface area (Å²) < 4.78 is 0. The Morgan fingerprint density at radius 2 is 1.95 bits per heavy atom. The highest BCUT2D eigenvalue weighted by atomic mass is 15.1. The number of hydrogen-bond acceptors (Lipinski definition) is 3. The maximum atomic E-state index is 6.00. The minimum absolute atomic E-state index is 0.223. The van der Waals surface area contributed by atoms with Gasteiger partial charge in [-0.05, 0) is 24.6 Å². The van der Waals surface area contributed by atoms with Gasteiger partial charge in [-0.1, -0.05) is 38.1 Å². The SMILES string of the molecule is CC(C)CN(C)C(CN)c1cccc2cccnc12. The van der Waals surface area contributed by atoms with E-state index in [1.54, 1.807) is 0 Å². The molecule has 0 bridgehead atoms. The van der Waals surface area contributed by atoms with E-state index in [4.69, 9.17) is 5.73 Å². The molecule has 102 valence electrons. The summed E-state index contributed by atoms with van der Waals surface area (Å²) in [7, 11) is 2.14. The normalized spacial score (nSPS) is 13.4. The lowest BCUT2D eigenvalue weighted by atomic mass is 10.0. The molecule has 2 aromatic rings. The molecular formula is C16H23N3. The number of aromatic nitrogens is 1. The molecule has 3 nitrogen and oxygen atoms in total. The van der Waals surface area contributed by atoms with Crippen LogP contribution in [0.3, 0.4) is 0 Å². The van der Waals surface area contributed by atoms with Crippen LogP contribution in [0, 0.1) is 5.92 Å². The van der Waals surface area contributed by atoms with Crippen LogP contribution in [0.4, 0.5) is 0 Å². The predicted octanol–water partition coefficient (Wildman–Crippen LogP) is 2.82. The molecule has 2 rings (SSSR count). The van der Waals surface area contributed by atoms with Gasteiger partial charge in [0.2, 0.25) is 0 Å². The second kappa shape index (κ2) is 6.13. The minimum atomic E-state index is 0.223. The van der Waals surface area contributed by atoms with Gasteiger partial charge in [0.15, 0.2) is 0 Å². The summed E-state index contributed by atoms with van der Waals surface area (Å²) >= 11 is 0. The Labute approximate surface area is 115 Å². The van der Waals surface area contributed by atoms with Crippen molar-refractivity contribution >= 4 is 10.9 Å². The Hall–Kier alpha value is -1.45. The van der Waals surface area contributed by atoms with Crippen molar-refractivity contribution in [3.63, 3.8) is 0 Å². The van der Waals surface area contributed by atoms with Gasteiger partial charge in [0.25, 0.3) is 0 Å². The first-order chi connectivity index (χ1) is 9.13. The molecule has 0 spiro atoms. The Morgan fingerprint density at radius 3 is 2.63 bits per heavy atom. The van der Waals surface area contributed by atoms with Crippen molar-refractivity contribution in [1.29, 1.82) is 0 Å². The van der Waals surface area contributed by atoms with Crippen LogP contribution in [0.1, 0.15) is 25.5 Å². The van der Waals surface area contributed by atoms with Gasteiger partial charge in [0.1, 0.15) is 0 Å². The molecule has 1 aromatic carbocycles. The Balaban J connectivity index is 2.40. The number of nitrogens with zero attached hydrogens (tertiary/aromatic N) is 2. The van der Waals surface area contributed by atoms with Gasteiger partial charge in [-0.25, -0.2) is 0 Å². The van der Waals surface area contributed by atoms with Gasteiger partial charge in [0.05, 0.1) is 5.52 Å². The molecule has 0 fully saturated rings. The summed E-state index contributed by atoms with van der Waals surface area (Å²) in [5.74, 6) is 0.627. The molecule has 19 heavy (non-hydrogen) atoms. The molecule has 0 amide bonds. The summed E-state index contributed by atoms with van der Waals surface area (Å²) in [6.07, 6.45) is 1.85. The zero-order valence-electron chi connectivity index (χ0n) is 12.0. The molecule has 1 atom stereocenters. The van der Waals surface area contributed by atoms with E-state index in [1.165, 1.54) is 10.9 Å². The molecule has 0 aliphatic rings. The van der Waals surface area contributed by atoms with Crippen LogP contribution in [0.15, 0.2) is 36.5 Å². The molecule has 0 radical (unpaired) electrons. The third-order valence-corrected chi connectivity index (χ3v) is 3.43. The minimum Gasteiger partial charge on any atom is -0.329 e. The lowest BCUT2D eigenvalue weighted by Gasteiger charge is -2.29. The Morgan fingerprint density at radius 1 is 1.21 bits per heavy atom. The first kappa shape index (κ1) is 14.0. The van der Waals surface area contributed by atoms with Crippen molar-refractivity contribution in [3.8, 4) is 0 Å². The maximum Gasteiger partial charge on any atom is 0.0750 e. The van der Waals surface area contributed by atoms with E-state index >= 15 is 0 Å². The van der Waals surface area contributed by atoms with Crippen molar-refractivity contribution in [2.45, 2.75) is 19.9 Å². The highest BCUT2D eigenvalue weighted by molar-refractivity contribution is 5.82. The number of likely N-dealkylation sites (N-methyl/N-ethyl adjacent to an activating group) is 1. The monoisotopic (exact) mass is 257 g/mol. The Kier molecular flexibility index (Phi) is 4.51. The molecule has 0 aliphatic heterocycles. The fourth-order valence-electron chi connectivity index (χ4n) is 2.64. The highest BCUT2D eigenvalue weighted by Crippen LogP contribution is 2.25. The number of benzene rings is 1. The molecule has 1 heterocycles. The molecule has 0 aliphatic carbocycles. The quantitative estimate of drug-likeness (QED) is 0.895. The van der Waals surface area contributed by atoms with Crippen LogP contribution in [0.25, 0.3) is 10.9 Å². The Bertz CT molecular complexity index is 531. The second-order valence-electron chi connectivity index (χ2n) is 5.51. The van der Waals surface area contributed by atoms with Crippen molar-refractivity contribution in [2.24, 2.45) is 11.7 Å². The van der Waals surface area contributed by atoms with Crippen LogP contribution < -0.4 is 5.73 Å². The van der Waals surface area contributed by atoms with E-state index in [0.29, 0.717) is 12.5 Å². The summed E-state index contributed by atoms with van der Waals surface area (Å²) in [5, 5.41) is 1.18. The van der Waals surface area contributed by atoms with Crippen LogP contribution in [-0.4, -0.2) is 30.0 Å². The topological polar surface area (TPSA) is 42.1 Å². The van der Waals surface area contributed by atoms with Crippen molar-refractivity contribution in [1.82, 2.24) is 9.88 Å². The zero-order chi connectivity index (χ0) is 13.8. The van der Waals surface area contributed by atoms with Gasteiger partial charge in [-0.3, -0.25) is 9.88 Å². The smallest absolute Gasteiger partial charge is 0.0750 e. The molecule has 0 saturated heterocycles. The van der Waals surface area contributed by atoms with E-state index in [-0.39, 0.29) is 6.04 Å². The van der Waals surface area contributed by atoms with E-state index in [1.807, 2.05) is 12.3 Å². The standard InChI is InChI=1S/C16H23N3/c1-12(2)11-19(3)15(10-17)14-8-4-6-13-7-5-9-18-16(13)14/h4-9,12,15H,10-11,17H2,1-3H3. The molecule has 1 unspecified atom stereocenters. The second-order valence-corrected chi connectivity index (χ2v) is 5.51. The predicted molar refractivity (Wildman–Crippen MR) is 81.0 cm³/mol. The molecule has 0 saturated carbocycles. The number of pyridine rings is 1. The van der Waals surface area contributed by atoms with Crippen LogP contribution in [-0.2, 0) is 0 Å². The van der Waals surface area contributed by atoms with E-state index < -0.39 is 0 Å². The molecule has 3 heteroatoms. The fraction of sp³-hybridized carbons (Fsp3) is 0.438. The summed E-state index contributed by atoms with van der Waals surface area (Å²) in [5.41, 5.74) is 8.29. The number of rotatable bonds is 5. The highest BCUT2D eigenvalue weighted by Gasteiger charge is 2.18. The summed E-state index contributed by atoms with van der Waals surface area (Å²) in [6.45, 7) is 6.10. The van der Waals surface area contributed by atoms with E-state index in [9.17, 15) is 0 Å². The van der Waals surface area contributed by atoms with Crippen LogP contribution in [0.5, 0.6) is 0 Å². The first-order valence-electron chi connectivity index (χ1n) is 6.87. The molecule has 1 aromatic heterocycles. The zero-order valence-corrected chi connectivity index (χ0v) is 12.0. The fourth-order valence-corrected chi connectivity index (χ4v) is 2.64. The summed E-state index contributed by atoms with van der Waals surface area (Å²) in [4.78, 5) is 6.86. The van der Waals surface area contributed by atoms with Crippen LogP contribution >= 0.6 is 0 Å². The van der Waals surface area contributed by atoms with Crippen molar-refractivity contribution in [2.75, 3.05) is 20.1 Å². The van der Waals surface area contributed by atoms with E-state index in [2.05, 4.69) is 55.0 Å². The van der Waals surface area contributed by atoms with Crippen molar-refractivity contribution in [3.05, 3.63) is 42.1 Å². The molecular weight excluding hydrogens is 234 g/mol. The lowest BCUT2D eigenvalue weighted by molar-refractivity contribution is 0.225. The van der Waals surface area contributed by atoms with Gasteiger partial charge >= 0.3 is 0 Å². The van der Waals surface area contributed by atoms with Gasteiger partial charge in [-0.2, -0.15) is 0 Å². The molecule has 2 N–H and O–H groups in total. The number of hydrogen-bond donors (Lipinski definition) is 1. The average Bonchev–Trinajstić information content (AvgIpc) is 2.39. The van der Waals surface area contributed by atoms with Crippen LogP contribution in [0.2, 0.25) is 0 Å². The van der Waals surface area contributed by atoms with Gasteiger partial charge in [-0.15, -0.1) is 0 Å². The average molecular weight is 257 g/mol. The van der Waals surface area contributed by atoms with Gasteiger partial charge < -0.3 is 5.73 Å². The number of nitrogens with two attached hydrogens (primary N) is 1. The van der Waals surface area contributed by atoms with Gasteiger partial charge in [0, 0.05) is 30.7 Å². The van der Waals surface area contributed by atoms with Crippen molar-refractivity contribution < 1.29 is 0 Å². The number of fused-ring (bicyclic) bond motifs is 1. The maximum absolute atomic E-state index is 6.00. The van der Waals surface area contributed by atoms with E-state index in [0.717, 1.165) is 12.1 Å². The summed E-state index contributed by atoms with van der Waals surface area (Å²) in [6, 6.07) is 10.6. The lowest BCUT2D eigenvalue weighted by Crippen LogP contribution is -2.33. The third-order valence-electron chi connectivity index (χ3n) is 3.43. The largest absolute Gasteiger partial charge is 0.329 e. The third kappa shape index (κ3) is 3.11. The number of para-hydroxylation sites is 1. The first-order valence-corrected chi connectivity index (χ1v) is 6.87.